The summed E-state index contributed by atoms with van der Waals surface area (Å²) in [5.74, 6) is 0.912. The zero-order chi connectivity index (χ0) is 19.7. The van der Waals surface area contributed by atoms with Crippen LogP contribution < -0.4 is 10.6 Å². The van der Waals surface area contributed by atoms with Gasteiger partial charge in [-0.15, -0.1) is 0 Å². The van der Waals surface area contributed by atoms with Crippen molar-refractivity contribution in [1.82, 2.24) is 15.0 Å². The molecule has 3 aromatic rings. The van der Waals surface area contributed by atoms with Gasteiger partial charge in [0, 0.05) is 22.8 Å². The van der Waals surface area contributed by atoms with Crippen LogP contribution in [0.25, 0.3) is 11.4 Å². The van der Waals surface area contributed by atoms with Crippen LogP contribution in [-0.2, 0) is 6.18 Å². The molecule has 5 nitrogen and oxygen atoms in total. The molecule has 9 heteroatoms. The molecule has 1 aromatic carbocycles. The zero-order valence-electron chi connectivity index (χ0n) is 14.5. The Labute approximate surface area is 167 Å². The lowest BCUT2D eigenvalue weighted by atomic mass is 10.2. The number of rotatable bonds is 5. The fraction of sp³-hybridized carbons (Fsp3) is 0.211. The standard InChI is InChI=1S/C19H15BrF3N5/c20-13-9-11(19(21,22)23)4-7-14(13)26-17-10-16(15-3-1-2-8-24-15)27-18(28-17)25-12-5-6-12/h1-4,7-10,12H,5-6H2,(H2,25,26,27,28). The number of benzene rings is 1. The Morgan fingerprint density at radius 2 is 1.82 bits per heavy atom. The first-order valence-electron chi connectivity index (χ1n) is 8.59. The summed E-state index contributed by atoms with van der Waals surface area (Å²) in [6, 6.07) is 11.0. The van der Waals surface area contributed by atoms with E-state index < -0.39 is 11.7 Å². The molecule has 0 bridgehead atoms. The van der Waals surface area contributed by atoms with E-state index in [4.69, 9.17) is 0 Å². The van der Waals surface area contributed by atoms with Crippen molar-refractivity contribution in [2.24, 2.45) is 0 Å². The van der Waals surface area contributed by atoms with E-state index in [1.165, 1.54) is 6.07 Å². The lowest BCUT2D eigenvalue weighted by molar-refractivity contribution is -0.137. The van der Waals surface area contributed by atoms with E-state index in [9.17, 15) is 13.2 Å². The lowest BCUT2D eigenvalue weighted by Gasteiger charge is -2.13. The maximum Gasteiger partial charge on any atom is 0.416 e. The van der Waals surface area contributed by atoms with Crippen molar-refractivity contribution in [3.8, 4) is 11.4 Å². The van der Waals surface area contributed by atoms with Gasteiger partial charge in [-0.1, -0.05) is 6.07 Å². The van der Waals surface area contributed by atoms with Crippen LogP contribution in [0.15, 0.2) is 53.1 Å². The average molecular weight is 450 g/mol. The number of alkyl halides is 3. The van der Waals surface area contributed by atoms with Crippen LogP contribution in [0.1, 0.15) is 18.4 Å². The number of hydrogen-bond acceptors (Lipinski definition) is 5. The number of pyridine rings is 1. The van der Waals surface area contributed by atoms with Gasteiger partial charge in [-0.2, -0.15) is 18.2 Å². The quantitative estimate of drug-likeness (QED) is 0.527. The van der Waals surface area contributed by atoms with E-state index in [2.05, 4.69) is 41.5 Å². The molecule has 144 valence electrons. The Bertz CT molecular complexity index is 991. The maximum atomic E-state index is 12.9. The maximum absolute atomic E-state index is 12.9. The molecule has 28 heavy (non-hydrogen) atoms. The van der Waals surface area contributed by atoms with Crippen LogP contribution in [0.4, 0.5) is 30.6 Å². The molecule has 0 amide bonds. The van der Waals surface area contributed by atoms with Gasteiger partial charge in [0.05, 0.1) is 22.6 Å². The van der Waals surface area contributed by atoms with Gasteiger partial charge in [0.15, 0.2) is 0 Å². The highest BCUT2D eigenvalue weighted by atomic mass is 79.9. The van der Waals surface area contributed by atoms with Crippen LogP contribution in [0.2, 0.25) is 0 Å². The van der Waals surface area contributed by atoms with Crippen LogP contribution in [-0.4, -0.2) is 21.0 Å². The summed E-state index contributed by atoms with van der Waals surface area (Å²) in [4.78, 5) is 13.3. The van der Waals surface area contributed by atoms with Crippen LogP contribution in [0.3, 0.4) is 0 Å². The molecule has 2 aromatic heterocycles. The highest BCUT2D eigenvalue weighted by Crippen LogP contribution is 2.35. The molecule has 0 saturated heterocycles. The summed E-state index contributed by atoms with van der Waals surface area (Å²) in [6.45, 7) is 0. The number of nitrogens with zero attached hydrogens (tertiary/aromatic N) is 3. The summed E-state index contributed by atoms with van der Waals surface area (Å²) < 4.78 is 38.9. The number of anilines is 3. The fourth-order valence-corrected chi connectivity index (χ4v) is 3.04. The highest BCUT2D eigenvalue weighted by molar-refractivity contribution is 9.10. The van der Waals surface area contributed by atoms with Crippen molar-refractivity contribution >= 4 is 33.4 Å². The third-order valence-electron chi connectivity index (χ3n) is 4.12. The fourth-order valence-electron chi connectivity index (χ4n) is 2.56. The van der Waals surface area contributed by atoms with E-state index in [1.54, 1.807) is 12.3 Å². The molecule has 4 rings (SSSR count). The number of nitrogens with one attached hydrogen (secondary N) is 2. The van der Waals surface area contributed by atoms with Gasteiger partial charge in [-0.3, -0.25) is 4.98 Å². The first-order valence-corrected chi connectivity index (χ1v) is 9.38. The third-order valence-corrected chi connectivity index (χ3v) is 4.78. The Balaban J connectivity index is 1.67. The summed E-state index contributed by atoms with van der Waals surface area (Å²) in [5, 5.41) is 6.31. The smallest absolute Gasteiger partial charge is 0.351 e. The molecule has 2 heterocycles. The van der Waals surface area contributed by atoms with Crippen LogP contribution >= 0.6 is 15.9 Å². The topological polar surface area (TPSA) is 62.7 Å². The van der Waals surface area contributed by atoms with Crippen molar-refractivity contribution in [3.63, 3.8) is 0 Å². The number of hydrogen-bond donors (Lipinski definition) is 2. The molecule has 0 unspecified atom stereocenters. The minimum absolute atomic E-state index is 0.289. The van der Waals surface area contributed by atoms with Gasteiger partial charge in [-0.05, 0) is 59.1 Å². The Hall–Kier alpha value is -2.68. The predicted molar refractivity (Wildman–Crippen MR) is 104 cm³/mol. The van der Waals surface area contributed by atoms with Gasteiger partial charge >= 0.3 is 6.18 Å². The molecular weight excluding hydrogens is 435 g/mol. The number of aromatic nitrogens is 3. The molecular formula is C19H15BrF3N5. The van der Waals surface area contributed by atoms with Gasteiger partial charge in [-0.25, -0.2) is 4.98 Å². The molecule has 2 N–H and O–H groups in total. The minimum atomic E-state index is -4.40. The van der Waals surface area contributed by atoms with Crippen molar-refractivity contribution in [2.75, 3.05) is 10.6 Å². The molecule has 1 saturated carbocycles. The van der Waals surface area contributed by atoms with Crippen molar-refractivity contribution in [1.29, 1.82) is 0 Å². The normalized spacial score (nSPS) is 14.0. The van der Waals surface area contributed by atoms with E-state index in [-0.39, 0.29) is 4.47 Å². The van der Waals surface area contributed by atoms with Crippen molar-refractivity contribution in [2.45, 2.75) is 25.1 Å². The number of halogens is 4. The molecule has 1 aliphatic rings. The van der Waals surface area contributed by atoms with E-state index in [0.717, 1.165) is 25.0 Å². The SMILES string of the molecule is FC(F)(F)c1ccc(Nc2cc(-c3ccccn3)nc(NC3CC3)n2)c(Br)c1. The molecule has 1 aliphatic carbocycles. The largest absolute Gasteiger partial charge is 0.416 e. The first kappa shape index (κ1) is 18.7. The zero-order valence-corrected chi connectivity index (χ0v) is 16.0. The predicted octanol–water partition coefficient (Wildman–Crippen LogP) is 5.64. The second kappa shape index (κ2) is 7.38. The lowest BCUT2D eigenvalue weighted by Crippen LogP contribution is -2.08. The van der Waals surface area contributed by atoms with E-state index in [0.29, 0.717) is 34.9 Å². The Morgan fingerprint density at radius 1 is 1.00 bits per heavy atom. The van der Waals surface area contributed by atoms with Crippen molar-refractivity contribution in [3.05, 3.63) is 58.7 Å². The van der Waals surface area contributed by atoms with E-state index in [1.807, 2.05) is 18.2 Å². The molecule has 0 radical (unpaired) electrons. The summed E-state index contributed by atoms with van der Waals surface area (Å²) >= 11 is 3.20. The third kappa shape index (κ3) is 4.41. The molecule has 0 atom stereocenters. The molecule has 1 fully saturated rings. The van der Waals surface area contributed by atoms with Crippen molar-refractivity contribution < 1.29 is 13.2 Å². The van der Waals surface area contributed by atoms with Crippen LogP contribution in [0, 0.1) is 0 Å². The Kier molecular flexibility index (Phi) is 4.92. The van der Waals surface area contributed by atoms with E-state index >= 15 is 0 Å². The van der Waals surface area contributed by atoms with Crippen LogP contribution in [0.5, 0.6) is 0 Å². The average Bonchev–Trinajstić information content (AvgIpc) is 3.47. The van der Waals surface area contributed by atoms with Gasteiger partial charge < -0.3 is 10.6 Å². The second-order valence-electron chi connectivity index (χ2n) is 6.41. The summed E-state index contributed by atoms with van der Waals surface area (Å²) in [7, 11) is 0. The molecule has 0 aliphatic heterocycles. The summed E-state index contributed by atoms with van der Waals surface area (Å²) in [5.41, 5.74) is 1.04. The van der Waals surface area contributed by atoms with Gasteiger partial charge in [0.25, 0.3) is 0 Å². The molecule has 0 spiro atoms. The van der Waals surface area contributed by atoms with Gasteiger partial charge in [0.1, 0.15) is 5.82 Å². The Morgan fingerprint density at radius 3 is 2.46 bits per heavy atom. The monoisotopic (exact) mass is 449 g/mol. The minimum Gasteiger partial charge on any atom is -0.351 e. The highest BCUT2D eigenvalue weighted by Gasteiger charge is 2.31. The van der Waals surface area contributed by atoms with Gasteiger partial charge in [0.2, 0.25) is 5.95 Å². The second-order valence-corrected chi connectivity index (χ2v) is 7.27. The first-order chi connectivity index (χ1) is 13.4. The summed E-state index contributed by atoms with van der Waals surface area (Å²) in [6.07, 6.45) is -0.608.